The number of likely N-dealkylation sites (tertiary alicyclic amines) is 1. The summed E-state index contributed by atoms with van der Waals surface area (Å²) in [7, 11) is 4.31. The first kappa shape index (κ1) is 31.7. The number of hydrogen-bond acceptors (Lipinski definition) is 9. The number of anilines is 1. The monoisotopic (exact) mass is 680 g/mol. The number of fused-ring (bicyclic) bond motifs is 6. The van der Waals surface area contributed by atoms with Gasteiger partial charge in [-0.25, -0.2) is 8.78 Å². The lowest BCUT2D eigenvalue weighted by Gasteiger charge is -2.40. The fourth-order valence-electron chi connectivity index (χ4n) is 8.89. The number of piperazine rings is 1. The zero-order valence-corrected chi connectivity index (χ0v) is 28.5. The Kier molecular flexibility index (Phi) is 7.57. The molecule has 5 aliphatic rings. The van der Waals surface area contributed by atoms with Gasteiger partial charge >= 0.3 is 6.01 Å². The molecule has 0 unspecified atom stereocenters. The summed E-state index contributed by atoms with van der Waals surface area (Å²) in [6.45, 7) is 4.64. The minimum atomic E-state index is -0.638. The van der Waals surface area contributed by atoms with Gasteiger partial charge in [-0.3, -0.25) is 0 Å². The van der Waals surface area contributed by atoms with Gasteiger partial charge in [-0.15, -0.1) is 6.42 Å². The first-order valence-electron chi connectivity index (χ1n) is 17.8. The quantitative estimate of drug-likeness (QED) is 0.253. The molecule has 0 radical (unpaired) electrons. The van der Waals surface area contributed by atoms with E-state index in [9.17, 15) is 5.11 Å². The summed E-state index contributed by atoms with van der Waals surface area (Å²) in [4.78, 5) is 16.9. The topological polar surface area (TPSA) is 86.2 Å². The predicted octanol–water partition coefficient (Wildman–Crippen LogP) is 5.30. The highest BCUT2D eigenvalue weighted by atomic mass is 19.1. The van der Waals surface area contributed by atoms with Gasteiger partial charge in [-0.1, -0.05) is 12.0 Å². The fraction of sp³-hybridized carbons (Fsp3) is 0.487. The molecule has 9 rings (SSSR count). The molecule has 0 spiro atoms. The summed E-state index contributed by atoms with van der Waals surface area (Å²) in [6, 6.07) is 8.58. The minimum absolute atomic E-state index is 0.00363. The smallest absolute Gasteiger partial charge is 0.319 e. The number of ether oxygens (including phenoxy) is 2. The van der Waals surface area contributed by atoms with Gasteiger partial charge in [0, 0.05) is 47.6 Å². The number of phenols is 1. The van der Waals surface area contributed by atoms with E-state index in [0.717, 1.165) is 58.2 Å². The van der Waals surface area contributed by atoms with Crippen LogP contribution in [0.5, 0.6) is 17.5 Å². The zero-order chi connectivity index (χ0) is 34.3. The van der Waals surface area contributed by atoms with E-state index in [-0.39, 0.29) is 51.5 Å². The molecule has 1 aromatic heterocycles. The fourth-order valence-corrected chi connectivity index (χ4v) is 8.89. The van der Waals surface area contributed by atoms with Crippen molar-refractivity contribution in [2.75, 3.05) is 58.4 Å². The van der Waals surface area contributed by atoms with Gasteiger partial charge in [-0.2, -0.15) is 9.97 Å². The van der Waals surface area contributed by atoms with Gasteiger partial charge < -0.3 is 34.6 Å². The molecule has 3 atom stereocenters. The molecule has 11 heteroatoms. The maximum Gasteiger partial charge on any atom is 0.319 e. The summed E-state index contributed by atoms with van der Waals surface area (Å²) in [5, 5.41) is 15.8. The molecule has 2 N–H and O–H groups in total. The van der Waals surface area contributed by atoms with E-state index in [4.69, 9.17) is 25.9 Å². The van der Waals surface area contributed by atoms with Crippen LogP contribution >= 0.6 is 0 Å². The van der Waals surface area contributed by atoms with Crippen molar-refractivity contribution >= 4 is 27.5 Å². The Morgan fingerprint density at radius 3 is 2.66 bits per heavy atom. The maximum atomic E-state index is 17.2. The number of nitrogens with one attached hydrogen (secondary N) is 1. The van der Waals surface area contributed by atoms with Gasteiger partial charge in [0.05, 0.1) is 23.6 Å². The number of halogens is 2. The van der Waals surface area contributed by atoms with Crippen LogP contribution in [0, 0.1) is 29.4 Å². The molecule has 4 fully saturated rings. The number of piperidine rings is 1. The van der Waals surface area contributed by atoms with Crippen LogP contribution in [0.3, 0.4) is 0 Å². The largest absolute Gasteiger partial charge is 0.508 e. The van der Waals surface area contributed by atoms with Crippen molar-refractivity contribution in [1.82, 2.24) is 25.1 Å². The Morgan fingerprint density at radius 2 is 1.90 bits per heavy atom. The minimum Gasteiger partial charge on any atom is -0.508 e. The van der Waals surface area contributed by atoms with Crippen molar-refractivity contribution in [3.05, 3.63) is 47.5 Å². The number of phenolic OH excluding ortho intramolecular Hbond substituents is 1. The van der Waals surface area contributed by atoms with Crippen LogP contribution in [0.4, 0.5) is 14.6 Å². The van der Waals surface area contributed by atoms with E-state index in [1.165, 1.54) is 24.3 Å². The first-order chi connectivity index (χ1) is 24.2. The lowest BCUT2D eigenvalue weighted by Crippen LogP contribution is -2.60. The average Bonchev–Trinajstić information content (AvgIpc) is 3.80. The van der Waals surface area contributed by atoms with Crippen molar-refractivity contribution in [3.63, 3.8) is 0 Å². The predicted molar refractivity (Wildman–Crippen MR) is 189 cm³/mol. The highest BCUT2D eigenvalue weighted by molar-refractivity contribution is 6.06. The van der Waals surface area contributed by atoms with E-state index in [2.05, 4.69) is 40.0 Å². The molecule has 4 aliphatic heterocycles. The molecule has 3 saturated heterocycles. The molecule has 1 saturated carbocycles. The summed E-state index contributed by atoms with van der Waals surface area (Å²) in [5.41, 5.74) is 0.446. The molecule has 260 valence electrons. The summed E-state index contributed by atoms with van der Waals surface area (Å²) in [6.07, 6.45) is 12.3. The first-order valence-corrected chi connectivity index (χ1v) is 17.8. The van der Waals surface area contributed by atoms with Crippen LogP contribution < -0.4 is 19.7 Å². The molecule has 4 aromatic rings. The molecule has 3 aromatic carbocycles. The van der Waals surface area contributed by atoms with E-state index in [1.54, 1.807) is 6.07 Å². The second-order valence-corrected chi connectivity index (χ2v) is 15.3. The van der Waals surface area contributed by atoms with Crippen LogP contribution in [-0.4, -0.2) is 103 Å². The SMILES string of the molecule is C#Cc1c(F)ccc2cc(O)cc(-c3cc4c5c(nc(OCC6(CN7CCC(N(C)C)CC7)CC6)nc5c3F)N3C[C@H]5CC[C@H](N5)[C@H]3CO4)c12. The summed E-state index contributed by atoms with van der Waals surface area (Å²) in [5.74, 6) is 2.14. The van der Waals surface area contributed by atoms with Crippen LogP contribution in [0.1, 0.15) is 44.1 Å². The van der Waals surface area contributed by atoms with E-state index in [1.807, 2.05) is 0 Å². The van der Waals surface area contributed by atoms with E-state index >= 15 is 8.78 Å². The van der Waals surface area contributed by atoms with E-state index in [0.29, 0.717) is 59.6 Å². The van der Waals surface area contributed by atoms with Gasteiger partial charge in [0.15, 0.2) is 5.82 Å². The Balaban J connectivity index is 1.13. The van der Waals surface area contributed by atoms with Crippen molar-refractivity contribution in [1.29, 1.82) is 0 Å². The lowest BCUT2D eigenvalue weighted by molar-refractivity contribution is 0.105. The number of nitrogens with zero attached hydrogens (tertiary/aromatic N) is 5. The van der Waals surface area contributed by atoms with Crippen LogP contribution in [0.2, 0.25) is 0 Å². The van der Waals surface area contributed by atoms with Crippen LogP contribution in [0.15, 0.2) is 30.3 Å². The lowest BCUT2D eigenvalue weighted by atomic mass is 9.92. The maximum absolute atomic E-state index is 17.2. The third-order valence-corrected chi connectivity index (χ3v) is 11.9. The normalized spacial score (nSPS) is 24.2. The number of hydrogen-bond donors (Lipinski definition) is 2. The molecule has 2 bridgehead atoms. The van der Waals surface area contributed by atoms with Gasteiger partial charge in [0.1, 0.15) is 35.3 Å². The number of aromatic nitrogens is 2. The molecule has 9 nitrogen and oxygen atoms in total. The third-order valence-electron chi connectivity index (χ3n) is 11.9. The highest BCUT2D eigenvalue weighted by Gasteiger charge is 2.46. The van der Waals surface area contributed by atoms with Crippen molar-refractivity contribution in [2.24, 2.45) is 5.41 Å². The van der Waals surface area contributed by atoms with Crippen LogP contribution in [0.25, 0.3) is 32.8 Å². The molecule has 1 aliphatic carbocycles. The molecule has 0 amide bonds. The molecule has 5 heterocycles. The van der Waals surface area contributed by atoms with Crippen molar-refractivity contribution in [3.8, 4) is 41.0 Å². The third kappa shape index (κ3) is 5.31. The number of aromatic hydroxyl groups is 1. The Hall–Kier alpha value is -4.24. The van der Waals surface area contributed by atoms with Gasteiger partial charge in [0.25, 0.3) is 0 Å². The Morgan fingerprint density at radius 1 is 1.08 bits per heavy atom. The Bertz CT molecular complexity index is 2050. The van der Waals surface area contributed by atoms with Crippen molar-refractivity contribution in [2.45, 2.75) is 62.7 Å². The van der Waals surface area contributed by atoms with Gasteiger partial charge in [-0.05, 0) is 101 Å². The molecular formula is C39H42F2N6O3. The molecule has 50 heavy (non-hydrogen) atoms. The number of benzene rings is 3. The standard InChI is InChI=1S/C39H42F2N6O3/c1-4-26-29(40)7-5-22-15-25(48)16-27(33(22)26)28-17-32-34-36(35(28)41)43-38(44-37(34)47-18-23-6-8-30(42-23)31(47)19-49-32)50-21-39(11-12-39)20-46-13-9-24(10-14-46)45(2)3/h1,5,7,15-17,23-24,30-31,42,48H,6,8-14,18-21H2,2-3H3/t23-,30+,31-/m1/s1. The second-order valence-electron chi connectivity index (χ2n) is 15.3. The average molecular weight is 681 g/mol. The summed E-state index contributed by atoms with van der Waals surface area (Å²) >= 11 is 0. The van der Waals surface area contributed by atoms with Crippen LogP contribution in [-0.2, 0) is 0 Å². The Labute approximate surface area is 290 Å². The van der Waals surface area contributed by atoms with Crippen molar-refractivity contribution < 1.29 is 23.4 Å². The summed E-state index contributed by atoms with van der Waals surface area (Å²) < 4.78 is 45.2. The zero-order valence-electron chi connectivity index (χ0n) is 28.5. The highest BCUT2D eigenvalue weighted by Crippen LogP contribution is 2.49. The second kappa shape index (κ2) is 11.9. The number of terminal acetylenes is 1. The number of rotatable bonds is 7. The van der Waals surface area contributed by atoms with Gasteiger partial charge in [0.2, 0.25) is 0 Å². The molecular weight excluding hydrogens is 638 g/mol. The van der Waals surface area contributed by atoms with E-state index < -0.39 is 11.6 Å².